The van der Waals surface area contributed by atoms with Crippen molar-refractivity contribution < 1.29 is 13.2 Å². The Bertz CT molecular complexity index is 913. The van der Waals surface area contributed by atoms with Gasteiger partial charge in [-0.3, -0.25) is 4.79 Å². The Morgan fingerprint density at radius 3 is 2.48 bits per heavy atom. The van der Waals surface area contributed by atoms with Crippen LogP contribution in [-0.4, -0.2) is 37.0 Å². The van der Waals surface area contributed by atoms with Gasteiger partial charge in [-0.25, -0.2) is 8.42 Å². The van der Waals surface area contributed by atoms with Crippen LogP contribution in [0, 0.1) is 0 Å². The lowest BCUT2D eigenvalue weighted by molar-refractivity contribution is -0.125. The second-order valence-electron chi connectivity index (χ2n) is 6.60. The minimum Gasteiger partial charge on any atom is -0.354 e. The molecule has 3 rings (SSSR count). The minimum absolute atomic E-state index is 0.0241. The molecular formula is C20H23ClN2O3S. The summed E-state index contributed by atoms with van der Waals surface area (Å²) in [6.45, 7) is 2.28. The number of hydrogen-bond acceptors (Lipinski definition) is 3. The van der Waals surface area contributed by atoms with E-state index in [0.29, 0.717) is 24.4 Å². The lowest BCUT2D eigenvalue weighted by atomic mass is 9.95. The predicted molar refractivity (Wildman–Crippen MR) is 107 cm³/mol. The Morgan fingerprint density at radius 2 is 1.81 bits per heavy atom. The number of sulfonamides is 1. The second kappa shape index (κ2) is 8.42. The van der Waals surface area contributed by atoms with Gasteiger partial charge in [-0.2, -0.15) is 4.31 Å². The van der Waals surface area contributed by atoms with Gasteiger partial charge in [0.2, 0.25) is 15.9 Å². The molecule has 0 spiro atoms. The summed E-state index contributed by atoms with van der Waals surface area (Å²) < 4.78 is 26.4. The summed E-state index contributed by atoms with van der Waals surface area (Å²) in [5.41, 5.74) is 3.05. The van der Waals surface area contributed by atoms with Crippen molar-refractivity contribution in [2.24, 2.45) is 0 Å². The first-order valence-corrected chi connectivity index (χ1v) is 11.0. The molecule has 0 saturated heterocycles. The zero-order valence-electron chi connectivity index (χ0n) is 15.2. The molecule has 1 amide bonds. The Labute approximate surface area is 165 Å². The van der Waals surface area contributed by atoms with Crippen LogP contribution < -0.4 is 5.32 Å². The summed E-state index contributed by atoms with van der Waals surface area (Å²) in [7, 11) is -3.48. The smallest absolute Gasteiger partial charge is 0.238 e. The molecule has 27 heavy (non-hydrogen) atoms. The summed E-state index contributed by atoms with van der Waals surface area (Å²) in [4.78, 5) is 12.8. The van der Waals surface area contributed by atoms with Gasteiger partial charge in [0, 0.05) is 18.1 Å². The van der Waals surface area contributed by atoms with E-state index in [9.17, 15) is 13.2 Å². The van der Waals surface area contributed by atoms with Crippen molar-refractivity contribution in [1.82, 2.24) is 9.62 Å². The molecule has 1 N–H and O–H groups in total. The van der Waals surface area contributed by atoms with Gasteiger partial charge >= 0.3 is 0 Å². The topological polar surface area (TPSA) is 66.5 Å². The van der Waals surface area contributed by atoms with Crippen molar-refractivity contribution in [1.29, 1.82) is 0 Å². The number of nitrogens with one attached hydrogen (secondary N) is 1. The van der Waals surface area contributed by atoms with Crippen molar-refractivity contribution in [2.75, 3.05) is 12.3 Å². The maximum absolute atomic E-state index is 12.8. The first-order valence-electron chi connectivity index (χ1n) is 8.99. The van der Waals surface area contributed by atoms with Crippen LogP contribution in [0.2, 0.25) is 5.02 Å². The largest absolute Gasteiger partial charge is 0.354 e. The van der Waals surface area contributed by atoms with E-state index in [1.807, 2.05) is 48.5 Å². The van der Waals surface area contributed by atoms with Crippen LogP contribution in [0.5, 0.6) is 0 Å². The van der Waals surface area contributed by atoms with E-state index in [2.05, 4.69) is 5.32 Å². The molecule has 1 aliphatic heterocycles. The van der Waals surface area contributed by atoms with Gasteiger partial charge in [-0.05, 0) is 48.6 Å². The molecule has 0 bridgehead atoms. The van der Waals surface area contributed by atoms with Crippen LogP contribution in [0.3, 0.4) is 0 Å². The van der Waals surface area contributed by atoms with E-state index in [0.717, 1.165) is 16.7 Å². The highest BCUT2D eigenvalue weighted by atomic mass is 35.5. The molecule has 144 valence electrons. The summed E-state index contributed by atoms with van der Waals surface area (Å²) in [6, 6.07) is 14.4. The monoisotopic (exact) mass is 406 g/mol. The Balaban J connectivity index is 1.71. The zero-order valence-corrected chi connectivity index (χ0v) is 16.8. The highest BCUT2D eigenvalue weighted by Crippen LogP contribution is 2.26. The maximum Gasteiger partial charge on any atom is 0.238 e. The van der Waals surface area contributed by atoms with Crippen molar-refractivity contribution >= 4 is 27.5 Å². The van der Waals surface area contributed by atoms with E-state index in [1.54, 1.807) is 6.92 Å². The Hall–Kier alpha value is -1.89. The third kappa shape index (κ3) is 4.69. The number of rotatable bonds is 6. The van der Waals surface area contributed by atoms with Crippen molar-refractivity contribution in [2.45, 2.75) is 32.4 Å². The molecule has 0 fully saturated rings. The number of amides is 1. The van der Waals surface area contributed by atoms with Gasteiger partial charge in [-0.1, -0.05) is 48.0 Å². The fourth-order valence-electron chi connectivity index (χ4n) is 3.28. The van der Waals surface area contributed by atoms with Crippen LogP contribution in [0.15, 0.2) is 48.5 Å². The average molecular weight is 407 g/mol. The van der Waals surface area contributed by atoms with E-state index in [-0.39, 0.29) is 18.2 Å². The SMILES string of the molecule is CCS(=O)(=O)N1Cc2ccccc2CC1C(=O)NCCc1ccc(Cl)cc1. The van der Waals surface area contributed by atoms with E-state index in [1.165, 1.54) is 4.31 Å². The highest BCUT2D eigenvalue weighted by molar-refractivity contribution is 7.89. The number of nitrogens with zero attached hydrogens (tertiary/aromatic N) is 1. The third-order valence-electron chi connectivity index (χ3n) is 4.86. The Kier molecular flexibility index (Phi) is 6.19. The van der Waals surface area contributed by atoms with Crippen LogP contribution >= 0.6 is 11.6 Å². The summed E-state index contributed by atoms with van der Waals surface area (Å²) in [5, 5.41) is 3.56. The molecule has 1 heterocycles. The number of fused-ring (bicyclic) bond motifs is 1. The molecule has 0 radical (unpaired) electrons. The fraction of sp³-hybridized carbons (Fsp3) is 0.350. The van der Waals surface area contributed by atoms with Crippen molar-refractivity contribution in [3.63, 3.8) is 0 Å². The lowest BCUT2D eigenvalue weighted by Gasteiger charge is -2.34. The quantitative estimate of drug-likeness (QED) is 0.802. The van der Waals surface area contributed by atoms with Crippen LogP contribution in [-0.2, 0) is 34.2 Å². The van der Waals surface area contributed by atoms with Gasteiger partial charge in [0.25, 0.3) is 0 Å². The van der Waals surface area contributed by atoms with Crippen LogP contribution in [0.1, 0.15) is 23.6 Å². The van der Waals surface area contributed by atoms with Gasteiger partial charge in [-0.15, -0.1) is 0 Å². The van der Waals surface area contributed by atoms with Gasteiger partial charge < -0.3 is 5.32 Å². The van der Waals surface area contributed by atoms with Crippen molar-refractivity contribution in [3.05, 3.63) is 70.2 Å². The summed E-state index contributed by atoms with van der Waals surface area (Å²) >= 11 is 5.88. The highest BCUT2D eigenvalue weighted by Gasteiger charge is 2.37. The second-order valence-corrected chi connectivity index (χ2v) is 9.25. The maximum atomic E-state index is 12.8. The van der Waals surface area contributed by atoms with Gasteiger partial charge in [0.1, 0.15) is 6.04 Å². The molecule has 0 aliphatic carbocycles. The standard InChI is InChI=1S/C20H23ClN2O3S/c1-2-27(25,26)23-14-17-6-4-3-5-16(17)13-19(23)20(24)22-12-11-15-7-9-18(21)10-8-15/h3-10,19H,2,11-14H2,1H3,(H,22,24). The number of halogens is 1. The molecular weight excluding hydrogens is 384 g/mol. The van der Waals surface area contributed by atoms with Crippen LogP contribution in [0.4, 0.5) is 0 Å². The van der Waals surface area contributed by atoms with E-state index in [4.69, 9.17) is 11.6 Å². The molecule has 1 unspecified atom stereocenters. The summed E-state index contributed by atoms with van der Waals surface area (Å²) in [5.74, 6) is -0.278. The molecule has 1 atom stereocenters. The average Bonchev–Trinajstić information content (AvgIpc) is 2.68. The predicted octanol–water partition coefficient (Wildman–Crippen LogP) is 2.78. The van der Waals surface area contributed by atoms with Gasteiger partial charge in [0.05, 0.1) is 5.75 Å². The fourth-order valence-corrected chi connectivity index (χ4v) is 4.63. The first kappa shape index (κ1) is 19.9. The van der Waals surface area contributed by atoms with Gasteiger partial charge in [0.15, 0.2) is 0 Å². The molecule has 2 aromatic rings. The number of carbonyl (C=O) groups excluding carboxylic acids is 1. The Morgan fingerprint density at radius 1 is 1.15 bits per heavy atom. The number of hydrogen-bond donors (Lipinski definition) is 1. The van der Waals surface area contributed by atoms with Crippen LogP contribution in [0.25, 0.3) is 0 Å². The third-order valence-corrected chi connectivity index (χ3v) is 6.94. The number of carbonyl (C=O) groups is 1. The van der Waals surface area contributed by atoms with E-state index >= 15 is 0 Å². The molecule has 5 nitrogen and oxygen atoms in total. The van der Waals surface area contributed by atoms with Crippen molar-refractivity contribution in [3.8, 4) is 0 Å². The number of benzene rings is 2. The first-order chi connectivity index (χ1) is 12.9. The zero-order chi connectivity index (χ0) is 19.4. The molecule has 2 aromatic carbocycles. The van der Waals surface area contributed by atoms with E-state index < -0.39 is 16.1 Å². The minimum atomic E-state index is -3.48. The lowest BCUT2D eigenvalue weighted by Crippen LogP contribution is -2.53. The molecule has 7 heteroatoms. The molecule has 1 aliphatic rings. The molecule has 0 aromatic heterocycles. The summed E-state index contributed by atoms with van der Waals surface area (Å²) in [6.07, 6.45) is 1.05. The molecule has 0 saturated carbocycles. The normalized spacial score (nSPS) is 17.3.